The first kappa shape index (κ1) is 28.8. The molecule has 8 heteroatoms. The Hall–Kier alpha value is -3.24. The summed E-state index contributed by atoms with van der Waals surface area (Å²) in [5, 5.41) is 11.1. The topological polar surface area (TPSA) is 64.4 Å². The van der Waals surface area contributed by atoms with Crippen molar-refractivity contribution in [3.05, 3.63) is 105 Å². The van der Waals surface area contributed by atoms with Crippen LogP contribution in [0.1, 0.15) is 34.2 Å². The Bertz CT molecular complexity index is 1500. The first-order valence-corrected chi connectivity index (χ1v) is 14.2. The molecule has 5 nitrogen and oxygen atoms in total. The van der Waals surface area contributed by atoms with Crippen LogP contribution in [0.2, 0.25) is 10.0 Å². The number of ether oxygens (including phenoxy) is 3. The summed E-state index contributed by atoms with van der Waals surface area (Å²) in [5.41, 5.74) is 6.15. The number of hydrogen-bond donors (Lipinski definition) is 0. The molecule has 200 valence electrons. The number of nitrogens with zero attached hydrogens (tertiary/aromatic N) is 2. The number of halogens is 3. The normalized spacial score (nSPS) is 10.7. The molecule has 0 aliphatic rings. The van der Waals surface area contributed by atoms with Crippen molar-refractivity contribution in [2.24, 2.45) is 0 Å². The van der Waals surface area contributed by atoms with E-state index in [0.29, 0.717) is 46.1 Å². The molecule has 0 atom stereocenters. The second-order valence-corrected chi connectivity index (χ2v) is 10.5. The lowest BCUT2D eigenvalue weighted by Gasteiger charge is -2.17. The molecule has 3 aromatic carbocycles. The Labute approximate surface area is 247 Å². The third-order valence-electron chi connectivity index (χ3n) is 6.17. The van der Waals surface area contributed by atoms with Gasteiger partial charge in [-0.1, -0.05) is 69.5 Å². The predicted molar refractivity (Wildman–Crippen MR) is 159 cm³/mol. The second kappa shape index (κ2) is 13.7. The number of hydrogen-bond acceptors (Lipinski definition) is 5. The molecule has 0 amide bonds. The fourth-order valence-electron chi connectivity index (χ4n) is 4.04. The highest BCUT2D eigenvalue weighted by molar-refractivity contribution is 9.09. The van der Waals surface area contributed by atoms with Crippen molar-refractivity contribution in [1.29, 1.82) is 5.26 Å². The van der Waals surface area contributed by atoms with Gasteiger partial charge in [-0.05, 0) is 60.7 Å². The van der Waals surface area contributed by atoms with E-state index in [0.717, 1.165) is 45.1 Å². The molecule has 39 heavy (non-hydrogen) atoms. The Morgan fingerprint density at radius 2 is 1.64 bits per heavy atom. The summed E-state index contributed by atoms with van der Waals surface area (Å²) in [4.78, 5) is 4.08. The lowest BCUT2D eigenvalue weighted by Crippen LogP contribution is -2.02. The fourth-order valence-corrected chi connectivity index (χ4v) is 4.83. The average molecular weight is 626 g/mol. The summed E-state index contributed by atoms with van der Waals surface area (Å²) in [7, 11) is 0. The van der Waals surface area contributed by atoms with Gasteiger partial charge in [0, 0.05) is 34.9 Å². The van der Waals surface area contributed by atoms with Gasteiger partial charge < -0.3 is 14.2 Å². The van der Waals surface area contributed by atoms with Crippen molar-refractivity contribution >= 4 is 39.1 Å². The lowest BCUT2D eigenvalue weighted by molar-refractivity contribution is 0.288. The first-order chi connectivity index (χ1) is 18.9. The van der Waals surface area contributed by atoms with Crippen molar-refractivity contribution < 1.29 is 14.2 Å². The van der Waals surface area contributed by atoms with Gasteiger partial charge in [0.05, 0.1) is 22.2 Å². The molecule has 0 unspecified atom stereocenters. The number of aryl methyl sites for hydroxylation is 1. The van der Waals surface area contributed by atoms with E-state index in [1.807, 2.05) is 49.4 Å². The van der Waals surface area contributed by atoms with Crippen LogP contribution < -0.4 is 14.2 Å². The summed E-state index contributed by atoms with van der Waals surface area (Å²) < 4.78 is 18.1. The zero-order valence-corrected chi connectivity index (χ0v) is 24.7. The molecular weight excluding hydrogens is 599 g/mol. The van der Waals surface area contributed by atoms with Crippen LogP contribution in [0.3, 0.4) is 0 Å². The minimum atomic E-state index is 0.269. The maximum Gasteiger partial charge on any atom is 0.142 e. The zero-order chi connectivity index (χ0) is 27.8. The van der Waals surface area contributed by atoms with Crippen molar-refractivity contribution in [3.8, 4) is 34.4 Å². The summed E-state index contributed by atoms with van der Waals surface area (Å²) >= 11 is 16.7. The van der Waals surface area contributed by atoms with Crippen LogP contribution in [-0.4, -0.2) is 16.9 Å². The van der Waals surface area contributed by atoms with Crippen LogP contribution in [0.4, 0.5) is 0 Å². The van der Waals surface area contributed by atoms with Crippen LogP contribution in [0.15, 0.2) is 67.0 Å². The highest BCUT2D eigenvalue weighted by Gasteiger charge is 2.15. The van der Waals surface area contributed by atoms with Crippen molar-refractivity contribution in [3.63, 3.8) is 0 Å². The van der Waals surface area contributed by atoms with Crippen LogP contribution in [0.25, 0.3) is 11.1 Å². The smallest absolute Gasteiger partial charge is 0.142 e. The standard InChI is InChI=1S/C31H27BrCl2N2O3/c1-20-12-27(33)30(14-29(20)38-18-23-13-22(15-35)16-36-17-23)39-19-24-6-3-7-25(21(24)2)26-8-4-9-28(31(26)34)37-11-5-10-32/h3-4,6-9,12-14,16-17H,5,10-11,18-19H2,1-2H3. The van der Waals surface area contributed by atoms with Gasteiger partial charge in [-0.2, -0.15) is 5.26 Å². The maximum absolute atomic E-state index is 9.10. The van der Waals surface area contributed by atoms with E-state index < -0.39 is 0 Å². The second-order valence-electron chi connectivity index (χ2n) is 8.92. The number of nitriles is 1. The summed E-state index contributed by atoms with van der Waals surface area (Å²) in [5.74, 6) is 1.84. The van der Waals surface area contributed by atoms with Gasteiger partial charge in [0.25, 0.3) is 0 Å². The van der Waals surface area contributed by atoms with E-state index in [2.05, 4.69) is 33.9 Å². The van der Waals surface area contributed by atoms with Gasteiger partial charge >= 0.3 is 0 Å². The largest absolute Gasteiger partial charge is 0.492 e. The number of rotatable bonds is 11. The number of pyridine rings is 1. The van der Waals surface area contributed by atoms with Gasteiger partial charge in [0.2, 0.25) is 0 Å². The van der Waals surface area contributed by atoms with Gasteiger partial charge in [0.15, 0.2) is 0 Å². The molecule has 0 saturated carbocycles. The van der Waals surface area contributed by atoms with Gasteiger partial charge in [-0.3, -0.25) is 4.98 Å². The fraction of sp³-hybridized carbons (Fsp3) is 0.226. The van der Waals surface area contributed by atoms with Crippen LogP contribution in [-0.2, 0) is 13.2 Å². The highest BCUT2D eigenvalue weighted by atomic mass is 79.9. The summed E-state index contributed by atoms with van der Waals surface area (Å²) in [6, 6.07) is 19.4. The van der Waals surface area contributed by atoms with E-state index in [9.17, 15) is 0 Å². The molecule has 0 aliphatic heterocycles. The first-order valence-electron chi connectivity index (χ1n) is 12.4. The third-order valence-corrected chi connectivity index (χ3v) is 7.41. The van der Waals surface area contributed by atoms with Crippen molar-refractivity contribution in [1.82, 2.24) is 4.98 Å². The molecule has 1 aromatic heterocycles. The minimum absolute atomic E-state index is 0.269. The molecule has 0 spiro atoms. The Morgan fingerprint density at radius 1 is 0.872 bits per heavy atom. The SMILES string of the molecule is Cc1cc(Cl)c(OCc2cccc(-c3cccc(OCCCBr)c3Cl)c2C)cc1OCc1cncc(C#N)c1. The minimum Gasteiger partial charge on any atom is -0.492 e. The van der Waals surface area contributed by atoms with E-state index >= 15 is 0 Å². The Morgan fingerprint density at radius 3 is 2.44 bits per heavy atom. The molecule has 0 saturated heterocycles. The number of benzene rings is 3. The highest BCUT2D eigenvalue weighted by Crippen LogP contribution is 2.38. The van der Waals surface area contributed by atoms with E-state index in [4.69, 9.17) is 42.7 Å². The number of alkyl halides is 1. The molecule has 0 radical (unpaired) electrons. The van der Waals surface area contributed by atoms with Crippen LogP contribution >= 0.6 is 39.1 Å². The number of aromatic nitrogens is 1. The van der Waals surface area contributed by atoms with Gasteiger partial charge in [0.1, 0.15) is 36.5 Å². The molecular formula is C31H27BrCl2N2O3. The molecule has 0 aliphatic carbocycles. The van der Waals surface area contributed by atoms with Crippen LogP contribution in [0, 0.1) is 25.2 Å². The maximum atomic E-state index is 9.10. The van der Waals surface area contributed by atoms with E-state index in [1.54, 1.807) is 18.3 Å². The Balaban J connectivity index is 1.51. The van der Waals surface area contributed by atoms with E-state index in [1.165, 1.54) is 6.20 Å². The Kier molecular flexibility index (Phi) is 10.1. The zero-order valence-electron chi connectivity index (χ0n) is 21.6. The summed E-state index contributed by atoms with van der Waals surface area (Å²) in [6.45, 7) is 5.15. The third kappa shape index (κ3) is 7.24. The van der Waals surface area contributed by atoms with Gasteiger partial charge in [-0.25, -0.2) is 0 Å². The van der Waals surface area contributed by atoms with Crippen molar-refractivity contribution in [2.75, 3.05) is 11.9 Å². The van der Waals surface area contributed by atoms with Gasteiger partial charge in [-0.15, -0.1) is 0 Å². The predicted octanol–water partition coefficient (Wildman–Crippen LogP) is 8.87. The van der Waals surface area contributed by atoms with E-state index in [-0.39, 0.29) is 6.61 Å². The molecule has 0 bridgehead atoms. The van der Waals surface area contributed by atoms with Crippen LogP contribution in [0.5, 0.6) is 17.2 Å². The average Bonchev–Trinajstić information content (AvgIpc) is 2.94. The molecule has 4 rings (SSSR count). The van der Waals surface area contributed by atoms with Crippen molar-refractivity contribution in [2.45, 2.75) is 33.5 Å². The molecule has 4 aromatic rings. The quantitative estimate of drug-likeness (QED) is 0.123. The molecule has 0 N–H and O–H groups in total. The molecule has 1 heterocycles. The summed E-state index contributed by atoms with van der Waals surface area (Å²) in [6.07, 6.45) is 4.09. The lowest BCUT2D eigenvalue weighted by atomic mass is 9.96. The monoisotopic (exact) mass is 624 g/mol. The molecule has 0 fully saturated rings.